The van der Waals surface area contributed by atoms with E-state index in [0.29, 0.717) is 6.42 Å². The van der Waals surface area contributed by atoms with E-state index >= 15 is 0 Å². The predicted molar refractivity (Wildman–Crippen MR) is 76.7 cm³/mol. The number of allylic oxidation sites excluding steroid dienone is 1. The van der Waals surface area contributed by atoms with Crippen molar-refractivity contribution in [1.82, 2.24) is 5.32 Å². The van der Waals surface area contributed by atoms with E-state index in [2.05, 4.69) is 5.32 Å². The first-order valence-electron chi connectivity index (χ1n) is 7.13. The molecule has 0 aromatic heterocycles. The third-order valence-electron chi connectivity index (χ3n) is 4.16. The molecule has 1 aromatic rings. The molecule has 0 fully saturated rings. The minimum Gasteiger partial charge on any atom is -0.462 e. The maximum atomic E-state index is 12.6. The monoisotopic (exact) mass is 303 g/mol. The molecule has 116 valence electrons. The van der Waals surface area contributed by atoms with Gasteiger partial charge in [0.25, 0.3) is 0 Å². The van der Waals surface area contributed by atoms with Crippen molar-refractivity contribution >= 4 is 11.8 Å². The molecule has 0 radical (unpaired) electrons. The normalized spacial score (nSPS) is 29.2. The van der Waals surface area contributed by atoms with Gasteiger partial charge < -0.3 is 20.3 Å². The minimum atomic E-state index is -2.37. The summed E-state index contributed by atoms with van der Waals surface area (Å²) in [4.78, 5) is 24.9. The van der Waals surface area contributed by atoms with E-state index in [1.165, 1.54) is 13.0 Å². The van der Waals surface area contributed by atoms with E-state index < -0.39 is 23.1 Å². The summed E-state index contributed by atoms with van der Waals surface area (Å²) in [5, 5.41) is 24.5. The molecule has 1 aromatic carbocycles. The van der Waals surface area contributed by atoms with Gasteiger partial charge in [0.2, 0.25) is 17.1 Å². The number of Topliss-reactive ketones (excluding diaryl/α,β-unsaturated/α-hetero) is 1. The number of hydrogen-bond donors (Lipinski definition) is 3. The molecule has 1 heterocycles. The number of esters is 1. The Morgan fingerprint density at radius 1 is 1.32 bits per heavy atom. The van der Waals surface area contributed by atoms with Crippen LogP contribution in [0.3, 0.4) is 0 Å². The fourth-order valence-corrected chi connectivity index (χ4v) is 3.18. The minimum absolute atomic E-state index is 0.172. The first-order chi connectivity index (χ1) is 10.4. The number of ether oxygens (including phenoxy) is 1. The number of aliphatic hydroxyl groups is 2. The second-order valence-corrected chi connectivity index (χ2v) is 5.56. The van der Waals surface area contributed by atoms with E-state index in [1.807, 2.05) is 6.92 Å². The molecule has 2 atom stereocenters. The summed E-state index contributed by atoms with van der Waals surface area (Å²) in [6.07, 6.45) is 0.613. The molecule has 0 spiro atoms. The average molecular weight is 303 g/mol. The first-order valence-corrected chi connectivity index (χ1v) is 7.13. The van der Waals surface area contributed by atoms with Crippen molar-refractivity contribution in [3.8, 4) is 0 Å². The summed E-state index contributed by atoms with van der Waals surface area (Å²) in [6, 6.07) is 6.35. The molecule has 6 heteroatoms. The van der Waals surface area contributed by atoms with Gasteiger partial charge >= 0.3 is 5.97 Å². The van der Waals surface area contributed by atoms with E-state index in [4.69, 9.17) is 4.74 Å². The molecule has 0 bridgehead atoms. The standard InChI is InChI=1S/C16H17NO5/c1-3-8-22-14(19)12-9(2)17-16(21)11-7-5-4-6-10(11)13(18)15(12,16)20/h4-7,17,20-21H,3,8H2,1-2H3/t15-,16-/m1/s1. The van der Waals surface area contributed by atoms with E-state index in [0.717, 1.165) is 0 Å². The van der Waals surface area contributed by atoms with Crippen LogP contribution in [0.15, 0.2) is 35.5 Å². The number of fused-ring (bicyclic) bond motifs is 3. The molecular formula is C16H17NO5. The highest BCUT2D eigenvalue weighted by atomic mass is 16.5. The summed E-state index contributed by atoms with van der Waals surface area (Å²) in [6.45, 7) is 3.53. The molecular weight excluding hydrogens is 286 g/mol. The van der Waals surface area contributed by atoms with Crippen molar-refractivity contribution in [2.75, 3.05) is 6.61 Å². The van der Waals surface area contributed by atoms with Crippen LogP contribution in [0.1, 0.15) is 36.2 Å². The highest BCUT2D eigenvalue weighted by molar-refractivity contribution is 6.16. The highest BCUT2D eigenvalue weighted by Crippen LogP contribution is 2.51. The average Bonchev–Trinajstić information content (AvgIpc) is 2.80. The third kappa shape index (κ3) is 1.56. The van der Waals surface area contributed by atoms with E-state index in [1.54, 1.807) is 18.2 Å². The van der Waals surface area contributed by atoms with Crippen LogP contribution in [0.2, 0.25) is 0 Å². The van der Waals surface area contributed by atoms with Crippen molar-refractivity contribution in [3.05, 3.63) is 46.7 Å². The van der Waals surface area contributed by atoms with Gasteiger partial charge in [0, 0.05) is 16.8 Å². The largest absolute Gasteiger partial charge is 0.462 e. The second kappa shape index (κ2) is 4.66. The number of nitrogens with one attached hydrogen (secondary N) is 1. The van der Waals surface area contributed by atoms with Crippen LogP contribution in [-0.2, 0) is 15.3 Å². The van der Waals surface area contributed by atoms with E-state index in [-0.39, 0.29) is 29.0 Å². The maximum absolute atomic E-state index is 12.6. The van der Waals surface area contributed by atoms with Crippen LogP contribution < -0.4 is 5.32 Å². The molecule has 6 nitrogen and oxygen atoms in total. The zero-order chi connectivity index (χ0) is 16.1. The van der Waals surface area contributed by atoms with Gasteiger partial charge in [-0.25, -0.2) is 4.79 Å². The Balaban J connectivity index is 2.13. The third-order valence-corrected chi connectivity index (χ3v) is 4.16. The van der Waals surface area contributed by atoms with Crippen molar-refractivity contribution in [2.45, 2.75) is 31.6 Å². The lowest BCUT2D eigenvalue weighted by Crippen LogP contribution is -2.56. The SMILES string of the molecule is CCCOC(=O)C1=C(C)N[C@@]2(O)c3ccccc3C(=O)[C@]12O. The number of benzene rings is 1. The lowest BCUT2D eigenvalue weighted by Gasteiger charge is -2.31. The number of hydrogen-bond acceptors (Lipinski definition) is 6. The molecule has 0 unspecified atom stereocenters. The Kier molecular flexibility index (Phi) is 3.12. The summed E-state index contributed by atoms with van der Waals surface area (Å²) in [7, 11) is 0. The van der Waals surface area contributed by atoms with E-state index in [9.17, 15) is 19.8 Å². The Morgan fingerprint density at radius 2 is 2.00 bits per heavy atom. The van der Waals surface area contributed by atoms with Gasteiger partial charge in [0.15, 0.2) is 0 Å². The van der Waals surface area contributed by atoms with Gasteiger partial charge in [-0.15, -0.1) is 0 Å². The van der Waals surface area contributed by atoms with Crippen molar-refractivity contribution in [2.24, 2.45) is 0 Å². The lowest BCUT2D eigenvalue weighted by molar-refractivity contribution is -0.147. The molecule has 1 aliphatic heterocycles. The Morgan fingerprint density at radius 3 is 2.68 bits per heavy atom. The van der Waals surface area contributed by atoms with Crippen LogP contribution in [0.25, 0.3) is 0 Å². The van der Waals surface area contributed by atoms with Crippen LogP contribution >= 0.6 is 0 Å². The number of carbonyl (C=O) groups excluding carboxylic acids is 2. The first kappa shape index (κ1) is 14.7. The second-order valence-electron chi connectivity index (χ2n) is 5.56. The van der Waals surface area contributed by atoms with Crippen LogP contribution in [-0.4, -0.2) is 34.2 Å². The Hall–Kier alpha value is -2.18. The molecule has 22 heavy (non-hydrogen) atoms. The Labute approximate surface area is 127 Å². The lowest BCUT2D eigenvalue weighted by atomic mass is 9.85. The quantitative estimate of drug-likeness (QED) is 0.707. The fraction of sp³-hybridized carbons (Fsp3) is 0.375. The van der Waals surface area contributed by atoms with Crippen molar-refractivity contribution < 1.29 is 24.5 Å². The molecule has 0 saturated heterocycles. The zero-order valence-corrected chi connectivity index (χ0v) is 12.3. The van der Waals surface area contributed by atoms with Crippen molar-refractivity contribution in [3.63, 3.8) is 0 Å². The molecule has 2 aliphatic rings. The highest BCUT2D eigenvalue weighted by Gasteiger charge is 2.70. The summed E-state index contributed by atoms with van der Waals surface area (Å²) >= 11 is 0. The molecule has 0 amide bonds. The molecule has 3 rings (SSSR count). The summed E-state index contributed by atoms with van der Waals surface area (Å²) < 4.78 is 5.05. The summed E-state index contributed by atoms with van der Waals surface area (Å²) in [5.74, 6) is -1.51. The number of rotatable bonds is 3. The van der Waals surface area contributed by atoms with Crippen LogP contribution in [0.5, 0.6) is 0 Å². The predicted octanol–water partition coefficient (Wildman–Crippen LogP) is 0.590. The maximum Gasteiger partial charge on any atom is 0.339 e. The van der Waals surface area contributed by atoms with Crippen LogP contribution in [0, 0.1) is 0 Å². The summed E-state index contributed by atoms with van der Waals surface area (Å²) in [5.41, 5.74) is -3.98. The van der Waals surface area contributed by atoms with Crippen LogP contribution in [0.4, 0.5) is 0 Å². The van der Waals surface area contributed by atoms with Gasteiger partial charge in [-0.3, -0.25) is 4.79 Å². The topological polar surface area (TPSA) is 95.9 Å². The Bertz CT molecular complexity index is 710. The molecule has 1 aliphatic carbocycles. The zero-order valence-electron chi connectivity index (χ0n) is 12.3. The number of carbonyl (C=O) groups is 2. The van der Waals surface area contributed by atoms with Gasteiger partial charge in [-0.2, -0.15) is 0 Å². The van der Waals surface area contributed by atoms with Crippen molar-refractivity contribution in [1.29, 1.82) is 0 Å². The fourth-order valence-electron chi connectivity index (χ4n) is 3.18. The van der Waals surface area contributed by atoms with Gasteiger partial charge in [-0.1, -0.05) is 31.2 Å². The van der Waals surface area contributed by atoms with Gasteiger partial charge in [0.05, 0.1) is 6.61 Å². The number of ketones is 1. The van der Waals surface area contributed by atoms with Gasteiger partial charge in [0.1, 0.15) is 5.57 Å². The smallest absolute Gasteiger partial charge is 0.339 e. The molecule has 0 saturated carbocycles. The van der Waals surface area contributed by atoms with Gasteiger partial charge in [-0.05, 0) is 13.3 Å². The molecule has 3 N–H and O–H groups in total.